The molecule has 0 saturated heterocycles. The first-order valence-electron chi connectivity index (χ1n) is 4.19. The first kappa shape index (κ1) is 8.65. The Labute approximate surface area is 72.4 Å². The Bertz CT molecular complexity index is 349. The van der Waals surface area contributed by atoms with E-state index >= 15 is 0 Å². The van der Waals surface area contributed by atoms with Crippen LogP contribution in [0.4, 0.5) is 5.69 Å². The van der Waals surface area contributed by atoms with Crippen molar-refractivity contribution in [2.45, 2.75) is 13.8 Å². The number of rotatable bonds is 0. The highest BCUT2D eigenvalue weighted by Gasteiger charge is 1.95. The molecular formula is C10H14N2. The van der Waals surface area contributed by atoms with Crippen molar-refractivity contribution >= 4 is 16.6 Å². The Kier molecular flexibility index (Phi) is 2.75. The van der Waals surface area contributed by atoms with Crippen LogP contribution in [0.2, 0.25) is 0 Å². The second-order valence-corrected chi connectivity index (χ2v) is 2.29. The van der Waals surface area contributed by atoms with Crippen LogP contribution in [0.3, 0.4) is 0 Å². The Hall–Kier alpha value is -1.44. The van der Waals surface area contributed by atoms with Crippen LogP contribution < -0.4 is 5.73 Å². The number of nitrogen functional groups attached to an aromatic ring is 1. The molecule has 64 valence electrons. The molecule has 2 heteroatoms. The zero-order chi connectivity index (χ0) is 8.97. The van der Waals surface area contributed by atoms with E-state index in [2.05, 4.69) is 4.98 Å². The highest BCUT2D eigenvalue weighted by Crippen LogP contribution is 2.18. The van der Waals surface area contributed by atoms with Gasteiger partial charge in [-0.3, -0.25) is 0 Å². The number of nitrogens with two attached hydrogens (primary N) is 1. The first-order valence-corrected chi connectivity index (χ1v) is 4.19. The molecule has 0 fully saturated rings. The van der Waals surface area contributed by atoms with Gasteiger partial charge in [-0.2, -0.15) is 0 Å². The van der Waals surface area contributed by atoms with Crippen molar-refractivity contribution in [1.29, 1.82) is 0 Å². The second-order valence-electron chi connectivity index (χ2n) is 2.29. The van der Waals surface area contributed by atoms with Gasteiger partial charge in [-0.25, -0.2) is 0 Å². The average Bonchev–Trinajstić information content (AvgIpc) is 2.53. The van der Waals surface area contributed by atoms with Gasteiger partial charge in [-0.05, 0) is 6.07 Å². The van der Waals surface area contributed by atoms with E-state index < -0.39 is 0 Å². The Balaban J connectivity index is 0.000000336. The van der Waals surface area contributed by atoms with E-state index in [0.717, 1.165) is 16.6 Å². The van der Waals surface area contributed by atoms with Crippen LogP contribution in [0.25, 0.3) is 10.9 Å². The molecule has 1 aromatic heterocycles. The maximum atomic E-state index is 5.64. The Morgan fingerprint density at radius 3 is 2.50 bits per heavy atom. The van der Waals surface area contributed by atoms with Gasteiger partial charge in [0.1, 0.15) is 0 Å². The number of hydrogen-bond donors (Lipinski definition) is 2. The van der Waals surface area contributed by atoms with Crippen LogP contribution in [0.5, 0.6) is 0 Å². The fourth-order valence-corrected chi connectivity index (χ4v) is 1.09. The minimum Gasteiger partial charge on any atom is -0.397 e. The molecule has 0 atom stereocenters. The predicted molar refractivity (Wildman–Crippen MR) is 54.1 cm³/mol. The number of aromatic amines is 1. The van der Waals surface area contributed by atoms with E-state index in [4.69, 9.17) is 5.73 Å². The van der Waals surface area contributed by atoms with E-state index in [9.17, 15) is 0 Å². The lowest BCUT2D eigenvalue weighted by molar-refractivity contribution is 1.48. The van der Waals surface area contributed by atoms with Gasteiger partial charge in [0.2, 0.25) is 0 Å². The van der Waals surface area contributed by atoms with Gasteiger partial charge >= 0.3 is 0 Å². The lowest BCUT2D eigenvalue weighted by atomic mass is 10.2. The monoisotopic (exact) mass is 162 g/mol. The molecule has 0 bridgehead atoms. The van der Waals surface area contributed by atoms with E-state index in [1.807, 2.05) is 44.3 Å². The van der Waals surface area contributed by atoms with Crippen molar-refractivity contribution in [1.82, 2.24) is 4.98 Å². The number of benzene rings is 1. The topological polar surface area (TPSA) is 41.8 Å². The van der Waals surface area contributed by atoms with Crippen LogP contribution in [-0.2, 0) is 0 Å². The molecule has 1 aromatic carbocycles. The van der Waals surface area contributed by atoms with Crippen molar-refractivity contribution in [2.75, 3.05) is 5.73 Å². The summed E-state index contributed by atoms with van der Waals surface area (Å²) in [6, 6.07) is 7.97. The Morgan fingerprint density at radius 2 is 1.83 bits per heavy atom. The van der Waals surface area contributed by atoms with Crippen LogP contribution in [0.15, 0.2) is 30.5 Å². The van der Waals surface area contributed by atoms with Crippen molar-refractivity contribution in [2.24, 2.45) is 0 Å². The molecule has 0 spiro atoms. The molecule has 0 aliphatic rings. The first-order chi connectivity index (χ1) is 5.88. The third kappa shape index (κ3) is 1.42. The Morgan fingerprint density at radius 1 is 1.17 bits per heavy atom. The molecule has 2 aromatic rings. The molecule has 1 heterocycles. The molecule has 0 aliphatic heterocycles. The molecule has 2 rings (SSSR count). The molecule has 2 nitrogen and oxygen atoms in total. The molecule has 0 aliphatic carbocycles. The molecule has 0 saturated carbocycles. The number of H-pyrrole nitrogens is 1. The van der Waals surface area contributed by atoms with Gasteiger partial charge in [-0.1, -0.05) is 32.0 Å². The molecular weight excluding hydrogens is 148 g/mol. The smallest absolute Gasteiger partial charge is 0.0571 e. The number of aromatic nitrogens is 1. The summed E-state index contributed by atoms with van der Waals surface area (Å²) in [5, 5.41) is 1.10. The number of fused-ring (bicyclic) bond motifs is 1. The van der Waals surface area contributed by atoms with Gasteiger partial charge in [-0.15, -0.1) is 0 Å². The van der Waals surface area contributed by atoms with Gasteiger partial charge in [0, 0.05) is 17.1 Å². The van der Waals surface area contributed by atoms with Crippen molar-refractivity contribution in [3.05, 3.63) is 30.5 Å². The molecule has 0 radical (unpaired) electrons. The molecule has 3 N–H and O–H groups in total. The minimum atomic E-state index is 0.815. The summed E-state index contributed by atoms with van der Waals surface area (Å²) < 4.78 is 0. The van der Waals surface area contributed by atoms with Crippen LogP contribution >= 0.6 is 0 Å². The summed E-state index contributed by atoms with van der Waals surface area (Å²) in [6.07, 6.45) is 1.81. The third-order valence-electron chi connectivity index (χ3n) is 1.62. The van der Waals surface area contributed by atoms with Crippen molar-refractivity contribution < 1.29 is 0 Å². The van der Waals surface area contributed by atoms with Gasteiger partial charge < -0.3 is 10.7 Å². The quantitative estimate of drug-likeness (QED) is 0.614. The molecule has 12 heavy (non-hydrogen) atoms. The number of hydrogen-bond acceptors (Lipinski definition) is 1. The maximum Gasteiger partial charge on any atom is 0.0571 e. The zero-order valence-corrected chi connectivity index (χ0v) is 7.46. The minimum absolute atomic E-state index is 0.815. The standard InChI is InChI=1S/C8H8N2.C2H6/c9-7-5-10-8-4-2-1-3-6(7)8;1-2/h1-5,10H,9H2;1-2H3. The highest BCUT2D eigenvalue weighted by molar-refractivity contribution is 5.90. The fourth-order valence-electron chi connectivity index (χ4n) is 1.09. The van der Waals surface area contributed by atoms with Crippen molar-refractivity contribution in [3.63, 3.8) is 0 Å². The van der Waals surface area contributed by atoms with Gasteiger partial charge in [0.05, 0.1) is 5.69 Å². The maximum absolute atomic E-state index is 5.64. The van der Waals surface area contributed by atoms with Gasteiger partial charge in [0.25, 0.3) is 0 Å². The zero-order valence-electron chi connectivity index (χ0n) is 7.46. The van der Waals surface area contributed by atoms with Crippen LogP contribution in [-0.4, -0.2) is 4.98 Å². The lowest BCUT2D eigenvalue weighted by Crippen LogP contribution is -1.78. The SMILES string of the molecule is CC.Nc1c[nH]c2ccccc12. The summed E-state index contributed by atoms with van der Waals surface area (Å²) in [5.74, 6) is 0. The fraction of sp³-hybridized carbons (Fsp3) is 0.200. The third-order valence-corrected chi connectivity index (χ3v) is 1.62. The number of para-hydroxylation sites is 1. The van der Waals surface area contributed by atoms with Gasteiger partial charge in [0.15, 0.2) is 0 Å². The largest absolute Gasteiger partial charge is 0.397 e. The lowest BCUT2D eigenvalue weighted by Gasteiger charge is -1.87. The normalized spacial score (nSPS) is 9.17. The number of nitrogens with one attached hydrogen (secondary N) is 1. The second kappa shape index (κ2) is 3.81. The van der Waals surface area contributed by atoms with E-state index in [-0.39, 0.29) is 0 Å². The predicted octanol–water partition coefficient (Wildman–Crippen LogP) is 2.78. The van der Waals surface area contributed by atoms with E-state index in [1.54, 1.807) is 0 Å². The van der Waals surface area contributed by atoms with E-state index in [0.29, 0.717) is 0 Å². The molecule has 0 amide bonds. The summed E-state index contributed by atoms with van der Waals surface area (Å²) in [4.78, 5) is 3.06. The van der Waals surface area contributed by atoms with Crippen LogP contribution in [0.1, 0.15) is 13.8 Å². The summed E-state index contributed by atoms with van der Waals surface area (Å²) in [6.45, 7) is 4.00. The average molecular weight is 162 g/mol. The summed E-state index contributed by atoms with van der Waals surface area (Å²) in [7, 11) is 0. The molecule has 0 unspecified atom stereocenters. The summed E-state index contributed by atoms with van der Waals surface area (Å²) >= 11 is 0. The van der Waals surface area contributed by atoms with Crippen LogP contribution in [0, 0.1) is 0 Å². The van der Waals surface area contributed by atoms with Crippen molar-refractivity contribution in [3.8, 4) is 0 Å². The summed E-state index contributed by atoms with van der Waals surface area (Å²) in [5.41, 5.74) is 7.56. The number of anilines is 1. The highest BCUT2D eigenvalue weighted by atomic mass is 14.7. The van der Waals surface area contributed by atoms with E-state index in [1.165, 1.54) is 0 Å².